The van der Waals surface area contributed by atoms with Gasteiger partial charge in [-0.05, 0) is 64.2 Å². The third kappa shape index (κ3) is 69.8. The van der Waals surface area contributed by atoms with Crippen molar-refractivity contribution >= 4 is 17.9 Å². The van der Waals surface area contributed by atoms with E-state index in [1.807, 2.05) is 0 Å². The number of ether oxygens (including phenoxy) is 3. The minimum Gasteiger partial charge on any atom is -0.462 e. The SMILES string of the molecule is CC/C=C\C/C=C\C/C=C\C/C=C\C/C=C\CCCCCCCCCCCCCCCC(=O)OCC(COC(=O)CCCCCCCCCCCCC)OC(=O)CCCCCCCCCCCCCCCCCCCCCCCCCCC. The van der Waals surface area contributed by atoms with Gasteiger partial charge in [0.1, 0.15) is 13.2 Å². The van der Waals surface area contributed by atoms with E-state index in [0.29, 0.717) is 19.3 Å². The molecule has 1 unspecified atom stereocenters. The summed E-state index contributed by atoms with van der Waals surface area (Å²) in [6, 6.07) is 0. The molecule has 0 bridgehead atoms. The van der Waals surface area contributed by atoms with E-state index in [-0.39, 0.29) is 31.1 Å². The zero-order valence-corrected chi connectivity index (χ0v) is 55.7. The van der Waals surface area contributed by atoms with E-state index >= 15 is 0 Å². The molecule has 0 heterocycles. The number of hydrogen-bond acceptors (Lipinski definition) is 6. The van der Waals surface area contributed by atoms with Gasteiger partial charge in [-0.3, -0.25) is 14.4 Å². The molecule has 484 valence electrons. The molecule has 0 aromatic carbocycles. The highest BCUT2D eigenvalue weighted by atomic mass is 16.6. The second-order valence-corrected chi connectivity index (χ2v) is 24.8. The summed E-state index contributed by atoms with van der Waals surface area (Å²) in [4.78, 5) is 38.4. The fourth-order valence-electron chi connectivity index (χ4n) is 11.1. The molecule has 0 aromatic heterocycles. The molecule has 0 radical (unpaired) electrons. The summed E-state index contributed by atoms with van der Waals surface area (Å²) >= 11 is 0. The van der Waals surface area contributed by atoms with Gasteiger partial charge in [0.25, 0.3) is 0 Å². The molecule has 0 aliphatic carbocycles. The van der Waals surface area contributed by atoms with Crippen LogP contribution >= 0.6 is 0 Å². The first kappa shape index (κ1) is 80.1. The Balaban J connectivity index is 4.16. The van der Waals surface area contributed by atoms with Crippen molar-refractivity contribution in [2.45, 2.75) is 399 Å². The fourth-order valence-corrected chi connectivity index (χ4v) is 11.1. The van der Waals surface area contributed by atoms with E-state index in [2.05, 4.69) is 81.5 Å². The van der Waals surface area contributed by atoms with Crippen molar-refractivity contribution in [2.75, 3.05) is 13.2 Å². The van der Waals surface area contributed by atoms with Gasteiger partial charge in [-0.15, -0.1) is 0 Å². The van der Waals surface area contributed by atoms with Crippen LogP contribution in [0, 0.1) is 0 Å². The summed E-state index contributed by atoms with van der Waals surface area (Å²) in [6.07, 6.45) is 92.7. The van der Waals surface area contributed by atoms with Gasteiger partial charge in [0.15, 0.2) is 6.10 Å². The third-order valence-corrected chi connectivity index (χ3v) is 16.5. The lowest BCUT2D eigenvalue weighted by Crippen LogP contribution is -2.30. The van der Waals surface area contributed by atoms with E-state index in [9.17, 15) is 14.4 Å². The number of unbranched alkanes of at least 4 members (excludes halogenated alkanes) is 47. The molecule has 0 rings (SSSR count). The molecular formula is C77H140O6. The van der Waals surface area contributed by atoms with Crippen molar-refractivity contribution in [3.05, 3.63) is 60.8 Å². The predicted octanol–water partition coefficient (Wildman–Crippen LogP) is 25.5. The lowest BCUT2D eigenvalue weighted by atomic mass is 10.0. The largest absolute Gasteiger partial charge is 0.462 e. The van der Waals surface area contributed by atoms with Crippen LogP contribution in [0.5, 0.6) is 0 Å². The van der Waals surface area contributed by atoms with Crippen molar-refractivity contribution < 1.29 is 28.6 Å². The minimum atomic E-state index is -0.771. The highest BCUT2D eigenvalue weighted by Gasteiger charge is 2.19. The maximum atomic E-state index is 13.0. The average Bonchev–Trinajstić information content (AvgIpc) is 3.48. The molecule has 83 heavy (non-hydrogen) atoms. The minimum absolute atomic E-state index is 0.0677. The quantitative estimate of drug-likeness (QED) is 0.0261. The van der Waals surface area contributed by atoms with Crippen molar-refractivity contribution in [3.8, 4) is 0 Å². The number of carbonyl (C=O) groups is 3. The Morgan fingerprint density at radius 1 is 0.253 bits per heavy atom. The predicted molar refractivity (Wildman–Crippen MR) is 362 cm³/mol. The zero-order valence-electron chi connectivity index (χ0n) is 55.7. The van der Waals surface area contributed by atoms with E-state index in [1.165, 1.54) is 263 Å². The lowest BCUT2D eigenvalue weighted by molar-refractivity contribution is -0.167. The summed E-state index contributed by atoms with van der Waals surface area (Å²) in [5, 5.41) is 0. The Labute approximate surface area is 517 Å². The topological polar surface area (TPSA) is 78.9 Å². The summed E-state index contributed by atoms with van der Waals surface area (Å²) in [5.41, 5.74) is 0. The molecule has 6 nitrogen and oxygen atoms in total. The number of allylic oxidation sites excluding steroid dienone is 10. The second-order valence-electron chi connectivity index (χ2n) is 24.8. The summed E-state index contributed by atoms with van der Waals surface area (Å²) in [5.74, 6) is -0.842. The molecule has 0 spiro atoms. The van der Waals surface area contributed by atoms with Gasteiger partial charge >= 0.3 is 17.9 Å². The van der Waals surface area contributed by atoms with E-state index in [4.69, 9.17) is 14.2 Å². The molecule has 0 saturated carbocycles. The van der Waals surface area contributed by atoms with Crippen molar-refractivity contribution in [1.82, 2.24) is 0 Å². The second kappa shape index (κ2) is 71.6. The first-order valence-electron chi connectivity index (χ1n) is 36.8. The van der Waals surface area contributed by atoms with Crippen molar-refractivity contribution in [3.63, 3.8) is 0 Å². The van der Waals surface area contributed by atoms with Gasteiger partial charge in [-0.25, -0.2) is 0 Å². The van der Waals surface area contributed by atoms with Gasteiger partial charge in [0.2, 0.25) is 0 Å². The molecule has 0 amide bonds. The van der Waals surface area contributed by atoms with E-state index < -0.39 is 6.10 Å². The third-order valence-electron chi connectivity index (χ3n) is 16.5. The standard InChI is InChI=1S/C77H140O6/c1-4-7-10-13-16-19-22-24-26-28-30-32-34-36-37-38-39-41-42-44-46-48-50-52-55-58-61-64-67-70-76(79)82-73-74(72-81-75(78)69-66-63-60-57-54-21-18-15-12-9-6-3)83-77(80)71-68-65-62-59-56-53-51-49-47-45-43-40-35-33-31-29-27-25-23-20-17-14-11-8-5-2/h7,10,16,19,24,26,30,32,36-37,74H,4-6,8-9,11-15,17-18,20-23,25,27-29,31,33-35,38-73H2,1-3H3/b10-7-,19-16-,26-24-,32-30-,37-36-. The molecular weight excluding hydrogens is 1020 g/mol. The first-order valence-corrected chi connectivity index (χ1v) is 36.8. The van der Waals surface area contributed by atoms with Crippen LogP contribution in [-0.2, 0) is 28.6 Å². The molecule has 6 heteroatoms. The monoisotopic (exact) mass is 1160 g/mol. The number of carbonyl (C=O) groups excluding carboxylic acids is 3. The van der Waals surface area contributed by atoms with Crippen LogP contribution < -0.4 is 0 Å². The molecule has 0 aliphatic rings. The van der Waals surface area contributed by atoms with E-state index in [1.54, 1.807) is 0 Å². The number of hydrogen-bond donors (Lipinski definition) is 0. The molecule has 0 aliphatic heterocycles. The summed E-state index contributed by atoms with van der Waals surface area (Å²) < 4.78 is 17.0. The highest BCUT2D eigenvalue weighted by molar-refractivity contribution is 5.71. The molecule has 1 atom stereocenters. The Morgan fingerprint density at radius 3 is 0.735 bits per heavy atom. The first-order chi connectivity index (χ1) is 41.0. The van der Waals surface area contributed by atoms with E-state index in [0.717, 1.165) is 89.9 Å². The average molecular weight is 1160 g/mol. The van der Waals surface area contributed by atoms with Crippen LogP contribution in [0.4, 0.5) is 0 Å². The Bertz CT molecular complexity index is 1470. The van der Waals surface area contributed by atoms with Crippen LogP contribution in [0.3, 0.4) is 0 Å². The molecule has 0 aromatic rings. The Hall–Kier alpha value is -2.89. The normalized spacial score (nSPS) is 12.4. The highest BCUT2D eigenvalue weighted by Crippen LogP contribution is 2.19. The van der Waals surface area contributed by atoms with Gasteiger partial charge in [-0.2, -0.15) is 0 Å². The van der Waals surface area contributed by atoms with Crippen LogP contribution in [0.15, 0.2) is 60.8 Å². The van der Waals surface area contributed by atoms with Crippen LogP contribution in [0.2, 0.25) is 0 Å². The maximum Gasteiger partial charge on any atom is 0.306 e. The smallest absolute Gasteiger partial charge is 0.306 e. The summed E-state index contributed by atoms with van der Waals surface area (Å²) in [7, 11) is 0. The zero-order chi connectivity index (χ0) is 59.9. The number of rotatable bonds is 68. The summed E-state index contributed by atoms with van der Waals surface area (Å²) in [6.45, 7) is 6.59. The van der Waals surface area contributed by atoms with Crippen LogP contribution in [-0.4, -0.2) is 37.2 Å². The number of esters is 3. The molecule has 0 fully saturated rings. The van der Waals surface area contributed by atoms with Gasteiger partial charge in [0.05, 0.1) is 0 Å². The molecule has 0 saturated heterocycles. The lowest BCUT2D eigenvalue weighted by Gasteiger charge is -2.18. The maximum absolute atomic E-state index is 13.0. The van der Waals surface area contributed by atoms with Crippen molar-refractivity contribution in [2.24, 2.45) is 0 Å². The van der Waals surface area contributed by atoms with Crippen LogP contribution in [0.1, 0.15) is 393 Å². The van der Waals surface area contributed by atoms with Gasteiger partial charge in [0, 0.05) is 19.3 Å². The van der Waals surface area contributed by atoms with Crippen LogP contribution in [0.25, 0.3) is 0 Å². The van der Waals surface area contributed by atoms with Crippen molar-refractivity contribution in [1.29, 1.82) is 0 Å². The van der Waals surface area contributed by atoms with Gasteiger partial charge < -0.3 is 14.2 Å². The Morgan fingerprint density at radius 2 is 0.470 bits per heavy atom. The van der Waals surface area contributed by atoms with Gasteiger partial charge in [-0.1, -0.05) is 370 Å². The Kier molecular flexibility index (Phi) is 69.1. The molecule has 0 N–H and O–H groups in total. The fraction of sp³-hybridized carbons (Fsp3) is 0.831.